The highest BCUT2D eigenvalue weighted by atomic mass is 16.1. The van der Waals surface area contributed by atoms with Crippen LogP contribution in [-0.4, -0.2) is 20.7 Å². The zero-order valence-electron chi connectivity index (χ0n) is 17.9. The van der Waals surface area contributed by atoms with Crippen molar-refractivity contribution in [3.8, 4) is 11.4 Å². The summed E-state index contributed by atoms with van der Waals surface area (Å²) in [5.74, 6) is 2.04. The molecule has 0 bridgehead atoms. The third-order valence-electron chi connectivity index (χ3n) is 5.87. The van der Waals surface area contributed by atoms with Gasteiger partial charge in [0, 0.05) is 30.6 Å². The SMILES string of the molecule is Cc1ccc(CCCC(=O)Nc2cc(-c3nnc4n3CCCCC4)ccc2C)cc1. The smallest absolute Gasteiger partial charge is 0.224 e. The van der Waals surface area contributed by atoms with Crippen molar-refractivity contribution in [3.05, 3.63) is 65.0 Å². The Labute approximate surface area is 178 Å². The minimum Gasteiger partial charge on any atom is -0.326 e. The lowest BCUT2D eigenvalue weighted by Crippen LogP contribution is -2.12. The average Bonchev–Trinajstić information content (AvgIpc) is 2.99. The zero-order chi connectivity index (χ0) is 20.9. The molecule has 0 aliphatic carbocycles. The standard InChI is InChI=1S/C25H30N4O/c1-18-10-13-20(14-11-18)7-6-9-24(30)26-22-17-21(15-12-19(22)2)25-28-27-23-8-4-3-5-16-29(23)25/h10-15,17H,3-9,16H2,1-2H3,(H,26,30). The van der Waals surface area contributed by atoms with E-state index in [1.165, 1.54) is 24.0 Å². The van der Waals surface area contributed by atoms with Crippen LogP contribution in [-0.2, 0) is 24.2 Å². The van der Waals surface area contributed by atoms with Crippen LogP contribution in [0.5, 0.6) is 0 Å². The number of hydrogen-bond acceptors (Lipinski definition) is 3. The van der Waals surface area contributed by atoms with Crippen molar-refractivity contribution in [2.75, 3.05) is 5.32 Å². The van der Waals surface area contributed by atoms with Gasteiger partial charge in [-0.1, -0.05) is 48.4 Å². The topological polar surface area (TPSA) is 59.8 Å². The summed E-state index contributed by atoms with van der Waals surface area (Å²) in [6.07, 6.45) is 6.83. The third kappa shape index (κ3) is 4.78. The molecule has 3 aromatic rings. The highest BCUT2D eigenvalue weighted by Crippen LogP contribution is 2.27. The number of benzene rings is 2. The van der Waals surface area contributed by atoms with Crippen molar-refractivity contribution in [3.63, 3.8) is 0 Å². The van der Waals surface area contributed by atoms with Crippen LogP contribution in [0.15, 0.2) is 42.5 Å². The van der Waals surface area contributed by atoms with E-state index in [1.54, 1.807) is 0 Å². The molecular weight excluding hydrogens is 372 g/mol. The molecule has 0 saturated heterocycles. The molecule has 5 heteroatoms. The first-order valence-corrected chi connectivity index (χ1v) is 11.0. The van der Waals surface area contributed by atoms with Crippen molar-refractivity contribution in [1.82, 2.24) is 14.8 Å². The zero-order valence-corrected chi connectivity index (χ0v) is 17.9. The molecule has 0 fully saturated rings. The summed E-state index contributed by atoms with van der Waals surface area (Å²) in [4.78, 5) is 12.5. The van der Waals surface area contributed by atoms with Crippen LogP contribution >= 0.6 is 0 Å². The maximum absolute atomic E-state index is 12.5. The van der Waals surface area contributed by atoms with E-state index in [1.807, 2.05) is 13.0 Å². The quantitative estimate of drug-likeness (QED) is 0.613. The van der Waals surface area contributed by atoms with E-state index in [-0.39, 0.29) is 5.91 Å². The molecule has 1 aromatic heterocycles. The predicted molar refractivity (Wildman–Crippen MR) is 120 cm³/mol. The van der Waals surface area contributed by atoms with E-state index < -0.39 is 0 Å². The number of aromatic nitrogens is 3. The van der Waals surface area contributed by atoms with Gasteiger partial charge in [0.2, 0.25) is 5.91 Å². The molecule has 5 nitrogen and oxygen atoms in total. The molecule has 0 spiro atoms. The van der Waals surface area contributed by atoms with Crippen molar-refractivity contribution >= 4 is 11.6 Å². The molecule has 2 aromatic carbocycles. The normalized spacial score (nSPS) is 13.5. The number of amides is 1. The molecule has 2 heterocycles. The largest absolute Gasteiger partial charge is 0.326 e. The van der Waals surface area contributed by atoms with Gasteiger partial charge in [-0.3, -0.25) is 4.79 Å². The number of hydrogen-bond donors (Lipinski definition) is 1. The van der Waals surface area contributed by atoms with Crippen LogP contribution in [0.4, 0.5) is 5.69 Å². The van der Waals surface area contributed by atoms with Gasteiger partial charge in [-0.15, -0.1) is 10.2 Å². The minimum atomic E-state index is 0.0578. The van der Waals surface area contributed by atoms with Gasteiger partial charge in [-0.25, -0.2) is 0 Å². The molecule has 1 aliphatic heterocycles. The first-order valence-electron chi connectivity index (χ1n) is 11.0. The molecule has 0 unspecified atom stereocenters. The van der Waals surface area contributed by atoms with E-state index >= 15 is 0 Å². The van der Waals surface area contributed by atoms with Crippen molar-refractivity contribution in [1.29, 1.82) is 0 Å². The van der Waals surface area contributed by atoms with Crippen LogP contribution in [0.3, 0.4) is 0 Å². The van der Waals surface area contributed by atoms with Crippen molar-refractivity contribution in [2.45, 2.75) is 65.3 Å². The van der Waals surface area contributed by atoms with Crippen molar-refractivity contribution in [2.24, 2.45) is 0 Å². The monoisotopic (exact) mass is 402 g/mol. The van der Waals surface area contributed by atoms with E-state index in [2.05, 4.69) is 63.4 Å². The summed E-state index contributed by atoms with van der Waals surface area (Å²) in [7, 11) is 0. The number of nitrogens with zero attached hydrogens (tertiary/aromatic N) is 3. The minimum absolute atomic E-state index is 0.0578. The Balaban J connectivity index is 1.41. The molecular formula is C25H30N4O. The Morgan fingerprint density at radius 3 is 2.70 bits per heavy atom. The Hall–Kier alpha value is -2.95. The second kappa shape index (κ2) is 9.24. The fraction of sp³-hybridized carbons (Fsp3) is 0.400. The van der Waals surface area contributed by atoms with Crippen LogP contribution < -0.4 is 5.32 Å². The summed E-state index contributed by atoms with van der Waals surface area (Å²) >= 11 is 0. The van der Waals surface area contributed by atoms with Crippen LogP contribution in [0, 0.1) is 13.8 Å². The predicted octanol–water partition coefficient (Wildman–Crippen LogP) is 5.25. The van der Waals surface area contributed by atoms with Gasteiger partial charge in [0.05, 0.1) is 0 Å². The van der Waals surface area contributed by atoms with E-state index in [9.17, 15) is 4.79 Å². The fourth-order valence-electron chi connectivity index (χ4n) is 4.01. The molecule has 30 heavy (non-hydrogen) atoms. The van der Waals surface area contributed by atoms with Crippen LogP contribution in [0.1, 0.15) is 54.6 Å². The van der Waals surface area contributed by atoms with Crippen molar-refractivity contribution < 1.29 is 4.79 Å². The molecule has 156 valence electrons. The number of carbonyl (C=O) groups excluding carboxylic acids is 1. The van der Waals surface area contributed by atoms with Gasteiger partial charge in [0.15, 0.2) is 5.82 Å². The molecule has 4 rings (SSSR count). The first-order chi connectivity index (χ1) is 14.6. The highest BCUT2D eigenvalue weighted by Gasteiger charge is 2.17. The maximum atomic E-state index is 12.5. The fourth-order valence-corrected chi connectivity index (χ4v) is 4.01. The molecule has 0 saturated carbocycles. The lowest BCUT2D eigenvalue weighted by molar-refractivity contribution is -0.116. The Morgan fingerprint density at radius 2 is 1.87 bits per heavy atom. The van der Waals surface area contributed by atoms with E-state index in [0.29, 0.717) is 6.42 Å². The first kappa shape index (κ1) is 20.3. The number of carbonyl (C=O) groups is 1. The van der Waals surface area contributed by atoms with Gasteiger partial charge in [0.1, 0.15) is 5.82 Å². The second-order valence-corrected chi connectivity index (χ2v) is 8.32. The van der Waals surface area contributed by atoms with Gasteiger partial charge < -0.3 is 9.88 Å². The summed E-state index contributed by atoms with van der Waals surface area (Å²) < 4.78 is 2.24. The summed E-state index contributed by atoms with van der Waals surface area (Å²) in [5.41, 5.74) is 5.46. The highest BCUT2D eigenvalue weighted by molar-refractivity contribution is 5.92. The summed E-state index contributed by atoms with van der Waals surface area (Å²) in [6.45, 7) is 5.08. The lowest BCUT2D eigenvalue weighted by Gasteiger charge is -2.12. The number of anilines is 1. The Morgan fingerprint density at radius 1 is 1.03 bits per heavy atom. The summed E-state index contributed by atoms with van der Waals surface area (Å²) in [5, 5.41) is 12.0. The number of nitrogens with one attached hydrogen (secondary N) is 1. The Kier molecular flexibility index (Phi) is 6.26. The second-order valence-electron chi connectivity index (χ2n) is 8.32. The van der Waals surface area contributed by atoms with Gasteiger partial charge in [-0.2, -0.15) is 0 Å². The number of aryl methyl sites for hydroxylation is 4. The molecule has 1 aliphatic rings. The number of fused-ring (bicyclic) bond motifs is 1. The van der Waals surface area contributed by atoms with Gasteiger partial charge >= 0.3 is 0 Å². The molecule has 0 atom stereocenters. The maximum Gasteiger partial charge on any atom is 0.224 e. The molecule has 1 amide bonds. The lowest BCUT2D eigenvalue weighted by atomic mass is 10.1. The van der Waals surface area contributed by atoms with Gasteiger partial charge in [-0.05, 0) is 56.7 Å². The van der Waals surface area contributed by atoms with Crippen LogP contribution in [0.2, 0.25) is 0 Å². The molecule has 0 radical (unpaired) electrons. The number of rotatable bonds is 6. The van der Waals surface area contributed by atoms with Gasteiger partial charge in [0.25, 0.3) is 0 Å². The third-order valence-corrected chi connectivity index (χ3v) is 5.87. The average molecular weight is 403 g/mol. The van der Waals surface area contributed by atoms with E-state index in [0.717, 1.165) is 60.7 Å². The summed E-state index contributed by atoms with van der Waals surface area (Å²) in [6, 6.07) is 14.7. The van der Waals surface area contributed by atoms with E-state index in [4.69, 9.17) is 0 Å². The Bertz CT molecular complexity index is 1020. The van der Waals surface area contributed by atoms with Crippen LogP contribution in [0.25, 0.3) is 11.4 Å². The molecule has 1 N–H and O–H groups in total.